The Labute approximate surface area is 381 Å². The van der Waals surface area contributed by atoms with E-state index >= 15 is 0 Å². The number of hydrogen-bond donors (Lipinski definition) is 3. The molecule has 0 aromatic carbocycles. The summed E-state index contributed by atoms with van der Waals surface area (Å²) < 4.78 is 5.81. The normalized spacial score (nSPS) is 14.2. The number of amides is 1. The molecule has 0 radical (unpaired) electrons. The molecule has 6 heteroatoms. The average Bonchev–Trinajstić information content (AvgIpc) is 3.26. The SMILES string of the molecule is CC/C=C\C/C=C\C/C=C\C/C=C\C/C=C\C/C=C\C(CC(=O)NC(CO)C(O)CCCCCCCCCCCC)OC(=O)CCCCCCCC/C=C/C/C=C/C/C=C/CC. The maximum Gasteiger partial charge on any atom is 0.306 e. The highest BCUT2D eigenvalue weighted by Gasteiger charge is 2.23. The van der Waals surface area contributed by atoms with Crippen LogP contribution in [-0.2, 0) is 14.3 Å². The quantitative estimate of drug-likeness (QED) is 0.0322. The first-order valence-electron chi connectivity index (χ1n) is 25.1. The second-order valence-electron chi connectivity index (χ2n) is 16.5. The molecule has 0 rings (SSSR count). The van der Waals surface area contributed by atoms with Crippen molar-refractivity contribution < 1.29 is 24.5 Å². The molecular weight excluding hydrogens is 767 g/mol. The van der Waals surface area contributed by atoms with Crippen LogP contribution < -0.4 is 5.32 Å². The van der Waals surface area contributed by atoms with E-state index in [2.05, 4.69) is 123 Å². The number of allylic oxidation sites excluding steroid dienone is 17. The number of rotatable bonds is 43. The van der Waals surface area contributed by atoms with E-state index in [1.54, 1.807) is 6.08 Å². The average molecular weight is 860 g/mol. The minimum atomic E-state index is -0.827. The molecule has 0 heterocycles. The predicted molar refractivity (Wildman–Crippen MR) is 268 cm³/mol. The van der Waals surface area contributed by atoms with Gasteiger partial charge in [0, 0.05) is 6.42 Å². The van der Waals surface area contributed by atoms with Gasteiger partial charge in [-0.2, -0.15) is 0 Å². The number of unbranched alkanes of at least 4 members (excludes halogenated alkanes) is 15. The lowest BCUT2D eigenvalue weighted by molar-refractivity contribution is -0.148. The van der Waals surface area contributed by atoms with Gasteiger partial charge in [0.2, 0.25) is 5.91 Å². The number of nitrogens with one attached hydrogen (secondary N) is 1. The van der Waals surface area contributed by atoms with Crippen LogP contribution in [0.2, 0.25) is 0 Å². The fourth-order valence-corrected chi connectivity index (χ4v) is 6.85. The Balaban J connectivity index is 4.82. The first-order valence-corrected chi connectivity index (χ1v) is 25.1. The standard InChI is InChI=1S/C56H93NO5/c1-4-7-10-13-16-19-22-24-26-28-29-31-33-35-38-41-44-47-52(50-55(60)57-53(51-58)54(59)48-45-42-39-36-21-18-15-12-9-6-3)62-56(61)49-46-43-40-37-34-32-30-27-25-23-20-17-14-11-8-5-2/h7-8,10-11,16-17,19-20,24-27,29,31,35,38,44,47,52-54,58-59H,4-6,9,12-15,18,21-23,28,30,32-34,36-37,39-43,45-46,48-51H2,1-3H3,(H,57,60)/b10-7-,11-8+,19-16-,20-17+,26-24-,27-25+,31-29-,38-35-,47-44-. The van der Waals surface area contributed by atoms with Crippen molar-refractivity contribution in [2.45, 2.75) is 225 Å². The smallest absolute Gasteiger partial charge is 0.306 e. The lowest BCUT2D eigenvalue weighted by atomic mass is 10.0. The van der Waals surface area contributed by atoms with Gasteiger partial charge in [-0.05, 0) is 89.5 Å². The summed E-state index contributed by atoms with van der Waals surface area (Å²) in [7, 11) is 0. The third-order valence-corrected chi connectivity index (χ3v) is 10.6. The summed E-state index contributed by atoms with van der Waals surface area (Å²) >= 11 is 0. The number of esters is 1. The van der Waals surface area contributed by atoms with Crippen LogP contribution in [0.1, 0.15) is 207 Å². The molecule has 0 aliphatic carbocycles. The molecule has 0 aromatic heterocycles. The number of carbonyl (C=O) groups excluding carboxylic acids is 2. The van der Waals surface area contributed by atoms with Gasteiger partial charge < -0.3 is 20.3 Å². The Morgan fingerprint density at radius 1 is 0.500 bits per heavy atom. The van der Waals surface area contributed by atoms with Crippen LogP contribution in [0.25, 0.3) is 0 Å². The van der Waals surface area contributed by atoms with E-state index in [0.29, 0.717) is 19.3 Å². The van der Waals surface area contributed by atoms with E-state index in [9.17, 15) is 19.8 Å². The molecule has 0 aliphatic heterocycles. The van der Waals surface area contributed by atoms with E-state index in [4.69, 9.17) is 4.74 Å². The largest absolute Gasteiger partial charge is 0.458 e. The number of hydrogen-bond acceptors (Lipinski definition) is 5. The number of aliphatic hydroxyl groups is 2. The molecule has 352 valence electrons. The van der Waals surface area contributed by atoms with Crippen molar-refractivity contribution in [2.24, 2.45) is 0 Å². The molecule has 1 amide bonds. The maximum atomic E-state index is 13.2. The highest BCUT2D eigenvalue weighted by Crippen LogP contribution is 2.15. The van der Waals surface area contributed by atoms with Gasteiger partial charge >= 0.3 is 5.97 Å². The molecule has 0 bridgehead atoms. The minimum absolute atomic E-state index is 0.0591. The van der Waals surface area contributed by atoms with Gasteiger partial charge in [0.05, 0.1) is 25.2 Å². The van der Waals surface area contributed by atoms with Gasteiger partial charge in [0.1, 0.15) is 6.10 Å². The maximum absolute atomic E-state index is 13.2. The van der Waals surface area contributed by atoms with E-state index < -0.39 is 18.2 Å². The van der Waals surface area contributed by atoms with Crippen molar-refractivity contribution in [1.29, 1.82) is 0 Å². The van der Waals surface area contributed by atoms with Gasteiger partial charge in [0.25, 0.3) is 0 Å². The van der Waals surface area contributed by atoms with Crippen LogP contribution in [-0.4, -0.2) is 46.9 Å². The number of carbonyl (C=O) groups is 2. The zero-order chi connectivity index (χ0) is 45.2. The predicted octanol–water partition coefficient (Wildman–Crippen LogP) is 15.1. The molecule has 0 aromatic rings. The third-order valence-electron chi connectivity index (χ3n) is 10.6. The van der Waals surface area contributed by atoms with Crippen molar-refractivity contribution in [2.75, 3.05) is 6.61 Å². The molecule has 3 atom stereocenters. The fraction of sp³-hybridized carbons (Fsp3) is 0.643. The summed E-state index contributed by atoms with van der Waals surface area (Å²) in [5.41, 5.74) is 0. The van der Waals surface area contributed by atoms with Crippen LogP contribution in [0, 0.1) is 0 Å². The molecule has 0 aliphatic rings. The molecule has 3 unspecified atom stereocenters. The van der Waals surface area contributed by atoms with Crippen LogP contribution in [0.15, 0.2) is 109 Å². The van der Waals surface area contributed by atoms with Gasteiger partial charge in [-0.15, -0.1) is 0 Å². The summed E-state index contributed by atoms with van der Waals surface area (Å²) in [6.07, 6.45) is 66.1. The monoisotopic (exact) mass is 860 g/mol. The first-order chi connectivity index (χ1) is 30.5. The number of ether oxygens (including phenoxy) is 1. The van der Waals surface area contributed by atoms with E-state index in [1.807, 2.05) is 6.08 Å². The molecule has 3 N–H and O–H groups in total. The molecule has 0 fully saturated rings. The zero-order valence-electron chi connectivity index (χ0n) is 40.0. The zero-order valence-corrected chi connectivity index (χ0v) is 40.0. The van der Waals surface area contributed by atoms with Crippen molar-refractivity contribution >= 4 is 11.9 Å². The van der Waals surface area contributed by atoms with Gasteiger partial charge in [-0.3, -0.25) is 9.59 Å². The molecule has 0 spiro atoms. The topological polar surface area (TPSA) is 95.9 Å². The summed E-state index contributed by atoms with van der Waals surface area (Å²) in [6, 6.07) is -0.751. The number of aliphatic hydroxyl groups excluding tert-OH is 2. The van der Waals surface area contributed by atoms with Crippen molar-refractivity contribution in [3.8, 4) is 0 Å². The molecule has 6 nitrogen and oxygen atoms in total. The molecular formula is C56H93NO5. The Kier molecular flexibility index (Phi) is 45.8. The molecule has 62 heavy (non-hydrogen) atoms. The Bertz CT molecular complexity index is 1280. The second-order valence-corrected chi connectivity index (χ2v) is 16.5. The van der Waals surface area contributed by atoms with Crippen molar-refractivity contribution in [3.63, 3.8) is 0 Å². The lowest BCUT2D eigenvalue weighted by Gasteiger charge is -2.23. The second kappa shape index (κ2) is 48.6. The van der Waals surface area contributed by atoms with Crippen LogP contribution in [0.3, 0.4) is 0 Å². The van der Waals surface area contributed by atoms with Crippen LogP contribution in [0.4, 0.5) is 0 Å². The van der Waals surface area contributed by atoms with E-state index in [1.165, 1.54) is 57.8 Å². The van der Waals surface area contributed by atoms with E-state index in [0.717, 1.165) is 103 Å². The molecule has 0 saturated heterocycles. The van der Waals surface area contributed by atoms with Crippen LogP contribution >= 0.6 is 0 Å². The Morgan fingerprint density at radius 3 is 1.37 bits per heavy atom. The summed E-state index contributed by atoms with van der Waals surface area (Å²) in [5.74, 6) is -0.655. The van der Waals surface area contributed by atoms with Crippen LogP contribution in [0.5, 0.6) is 0 Å². The Hall–Kier alpha value is -3.48. The van der Waals surface area contributed by atoms with E-state index in [-0.39, 0.29) is 24.9 Å². The first kappa shape index (κ1) is 58.5. The summed E-state index contributed by atoms with van der Waals surface area (Å²) in [6.45, 7) is 6.19. The summed E-state index contributed by atoms with van der Waals surface area (Å²) in [5, 5.41) is 23.6. The highest BCUT2D eigenvalue weighted by atomic mass is 16.5. The Morgan fingerprint density at radius 2 is 0.903 bits per heavy atom. The molecule has 0 saturated carbocycles. The summed E-state index contributed by atoms with van der Waals surface area (Å²) in [4.78, 5) is 26.1. The minimum Gasteiger partial charge on any atom is -0.458 e. The third kappa shape index (κ3) is 43.2. The van der Waals surface area contributed by atoms with Crippen molar-refractivity contribution in [1.82, 2.24) is 5.32 Å². The van der Waals surface area contributed by atoms with Gasteiger partial charge in [0.15, 0.2) is 0 Å². The highest BCUT2D eigenvalue weighted by molar-refractivity contribution is 5.78. The fourth-order valence-electron chi connectivity index (χ4n) is 6.85. The van der Waals surface area contributed by atoms with Gasteiger partial charge in [-0.1, -0.05) is 214 Å². The lowest BCUT2D eigenvalue weighted by Crippen LogP contribution is -2.46. The van der Waals surface area contributed by atoms with Gasteiger partial charge in [-0.25, -0.2) is 0 Å². The van der Waals surface area contributed by atoms with Crippen molar-refractivity contribution in [3.05, 3.63) is 109 Å².